The highest BCUT2D eigenvalue weighted by atomic mass is 16.5. The molecule has 4 aliphatic carbocycles. The number of hydrogen-bond donors (Lipinski definition) is 1. The Hall–Kier alpha value is -1.54. The number of ether oxygens (including phenoxy) is 1. The Bertz CT molecular complexity index is 730. The van der Waals surface area contributed by atoms with Crippen LogP contribution in [0.15, 0.2) is 36.4 Å². The average Bonchev–Trinajstić information content (AvgIpc) is 2.58. The third-order valence-electron chi connectivity index (χ3n) is 6.89. The number of methoxy groups -OCH3 is 1. The lowest BCUT2D eigenvalue weighted by Gasteiger charge is -2.57. The van der Waals surface area contributed by atoms with E-state index in [9.17, 15) is 0 Å². The zero-order chi connectivity index (χ0) is 16.1. The molecule has 0 aliphatic heterocycles. The summed E-state index contributed by atoms with van der Waals surface area (Å²) in [5.41, 5.74) is 1.83. The fourth-order valence-electron chi connectivity index (χ4n) is 6.28. The van der Waals surface area contributed by atoms with Crippen LogP contribution in [0.3, 0.4) is 0 Å². The van der Waals surface area contributed by atoms with E-state index in [1.165, 1.54) is 54.9 Å². The van der Waals surface area contributed by atoms with E-state index in [1.54, 1.807) is 7.11 Å². The van der Waals surface area contributed by atoms with Crippen LogP contribution in [0.25, 0.3) is 10.8 Å². The molecule has 0 amide bonds. The second-order valence-corrected chi connectivity index (χ2v) is 8.52. The topological polar surface area (TPSA) is 21.3 Å². The van der Waals surface area contributed by atoms with Crippen LogP contribution in [0.4, 0.5) is 0 Å². The van der Waals surface area contributed by atoms with Gasteiger partial charge in [0.05, 0.1) is 7.11 Å². The third kappa shape index (κ3) is 2.35. The van der Waals surface area contributed by atoms with Gasteiger partial charge < -0.3 is 10.1 Å². The molecule has 6 rings (SSSR count). The first-order valence-electron chi connectivity index (χ1n) is 9.54. The normalized spacial score (nSPS) is 34.0. The van der Waals surface area contributed by atoms with Crippen molar-refractivity contribution in [2.45, 2.75) is 50.6 Å². The van der Waals surface area contributed by atoms with Gasteiger partial charge in [0, 0.05) is 17.5 Å². The van der Waals surface area contributed by atoms with Crippen molar-refractivity contribution in [3.05, 3.63) is 42.0 Å². The zero-order valence-electron chi connectivity index (χ0n) is 14.6. The van der Waals surface area contributed by atoms with Gasteiger partial charge in [0.1, 0.15) is 5.75 Å². The second-order valence-electron chi connectivity index (χ2n) is 8.52. The highest BCUT2D eigenvalue weighted by molar-refractivity contribution is 5.91. The van der Waals surface area contributed by atoms with Gasteiger partial charge in [-0.25, -0.2) is 0 Å². The van der Waals surface area contributed by atoms with Crippen molar-refractivity contribution < 1.29 is 4.74 Å². The van der Waals surface area contributed by atoms with E-state index in [0.717, 1.165) is 30.0 Å². The Morgan fingerprint density at radius 3 is 2.17 bits per heavy atom. The molecule has 2 nitrogen and oxygen atoms in total. The number of hydrogen-bond acceptors (Lipinski definition) is 2. The molecule has 0 saturated heterocycles. The molecule has 0 radical (unpaired) electrons. The van der Waals surface area contributed by atoms with Crippen LogP contribution in [-0.4, -0.2) is 12.6 Å². The van der Waals surface area contributed by atoms with Gasteiger partial charge in [-0.3, -0.25) is 0 Å². The number of fused-ring (bicyclic) bond motifs is 1. The highest BCUT2D eigenvalue weighted by Gasteiger charge is 2.50. The van der Waals surface area contributed by atoms with Gasteiger partial charge in [0.2, 0.25) is 0 Å². The molecule has 4 fully saturated rings. The van der Waals surface area contributed by atoms with E-state index in [1.807, 2.05) is 0 Å². The Morgan fingerprint density at radius 2 is 1.54 bits per heavy atom. The molecule has 0 atom stereocenters. The molecule has 4 saturated carbocycles. The minimum atomic E-state index is 0.426. The lowest BCUT2D eigenvalue weighted by Crippen LogP contribution is -2.58. The molecule has 2 aromatic carbocycles. The van der Waals surface area contributed by atoms with Crippen molar-refractivity contribution in [1.29, 1.82) is 0 Å². The molecule has 0 heterocycles. The van der Waals surface area contributed by atoms with Crippen molar-refractivity contribution in [2.24, 2.45) is 17.8 Å². The predicted octanol–water partition coefficient (Wildman–Crippen LogP) is 4.91. The maximum atomic E-state index is 5.54. The van der Waals surface area contributed by atoms with E-state index in [0.29, 0.717) is 5.54 Å². The van der Waals surface area contributed by atoms with Crippen molar-refractivity contribution in [2.75, 3.05) is 7.11 Å². The molecule has 2 heteroatoms. The summed E-state index contributed by atoms with van der Waals surface area (Å²) in [5, 5.41) is 6.59. The fraction of sp³-hybridized carbons (Fsp3) is 0.545. The first kappa shape index (κ1) is 14.8. The summed E-state index contributed by atoms with van der Waals surface area (Å²) in [5.74, 6) is 3.97. The standard InChI is InChI=1S/C22H27NO/c1-24-21-7-6-18(19-4-2-3-5-20(19)21)14-23-22-11-15-8-16(12-22)10-17(9-15)13-22/h2-7,15-17,23H,8-14H2,1H3. The van der Waals surface area contributed by atoms with Crippen LogP contribution < -0.4 is 10.1 Å². The Balaban J connectivity index is 1.42. The Kier molecular flexibility index (Phi) is 3.38. The maximum Gasteiger partial charge on any atom is 0.126 e. The van der Waals surface area contributed by atoms with Crippen LogP contribution in [0, 0.1) is 17.8 Å². The third-order valence-corrected chi connectivity index (χ3v) is 6.89. The smallest absolute Gasteiger partial charge is 0.126 e. The molecule has 1 N–H and O–H groups in total. The number of nitrogens with one attached hydrogen (secondary N) is 1. The molecule has 0 unspecified atom stereocenters. The van der Waals surface area contributed by atoms with Gasteiger partial charge in [0.25, 0.3) is 0 Å². The summed E-state index contributed by atoms with van der Waals surface area (Å²) >= 11 is 0. The van der Waals surface area contributed by atoms with Crippen LogP contribution in [-0.2, 0) is 6.54 Å². The predicted molar refractivity (Wildman–Crippen MR) is 98.2 cm³/mol. The van der Waals surface area contributed by atoms with Crippen molar-refractivity contribution in [1.82, 2.24) is 5.32 Å². The molecule has 126 valence electrons. The first-order valence-corrected chi connectivity index (χ1v) is 9.54. The minimum absolute atomic E-state index is 0.426. The Morgan fingerprint density at radius 1 is 0.917 bits per heavy atom. The van der Waals surface area contributed by atoms with Crippen molar-refractivity contribution >= 4 is 10.8 Å². The quantitative estimate of drug-likeness (QED) is 0.864. The van der Waals surface area contributed by atoms with Gasteiger partial charge in [0.15, 0.2) is 0 Å². The minimum Gasteiger partial charge on any atom is -0.496 e. The first-order chi connectivity index (χ1) is 11.7. The molecule has 24 heavy (non-hydrogen) atoms. The molecule has 0 aromatic heterocycles. The lowest BCUT2D eigenvalue weighted by molar-refractivity contribution is -0.0205. The monoisotopic (exact) mass is 321 g/mol. The second kappa shape index (κ2) is 5.49. The van der Waals surface area contributed by atoms with Gasteiger partial charge >= 0.3 is 0 Å². The SMILES string of the molecule is COc1ccc(CNC23CC4CC(CC(C4)C2)C3)c2ccccc12. The van der Waals surface area contributed by atoms with Crippen LogP contribution in [0.2, 0.25) is 0 Å². The fourth-order valence-corrected chi connectivity index (χ4v) is 6.28. The molecular formula is C22H27NO. The molecule has 0 spiro atoms. The van der Waals surface area contributed by atoms with E-state index < -0.39 is 0 Å². The van der Waals surface area contributed by atoms with E-state index >= 15 is 0 Å². The number of rotatable bonds is 4. The summed E-state index contributed by atoms with van der Waals surface area (Å²) in [7, 11) is 1.76. The maximum absolute atomic E-state index is 5.54. The molecular weight excluding hydrogens is 294 g/mol. The Labute approximate surface area is 144 Å². The van der Waals surface area contributed by atoms with Gasteiger partial charge in [-0.1, -0.05) is 30.3 Å². The number of benzene rings is 2. The summed E-state index contributed by atoms with van der Waals surface area (Å²) in [6.45, 7) is 0.983. The van der Waals surface area contributed by atoms with Gasteiger partial charge in [-0.2, -0.15) is 0 Å². The van der Waals surface area contributed by atoms with Crippen molar-refractivity contribution in [3.63, 3.8) is 0 Å². The highest BCUT2D eigenvalue weighted by Crippen LogP contribution is 2.55. The van der Waals surface area contributed by atoms with Crippen LogP contribution in [0.1, 0.15) is 44.1 Å². The summed E-state index contributed by atoms with van der Waals surface area (Å²) in [6.07, 6.45) is 8.75. The van der Waals surface area contributed by atoms with E-state index in [-0.39, 0.29) is 0 Å². The molecule has 4 bridgehead atoms. The lowest BCUT2D eigenvalue weighted by atomic mass is 9.53. The van der Waals surface area contributed by atoms with E-state index in [2.05, 4.69) is 41.7 Å². The van der Waals surface area contributed by atoms with E-state index in [4.69, 9.17) is 4.74 Å². The van der Waals surface area contributed by atoms with Crippen LogP contribution in [0.5, 0.6) is 5.75 Å². The summed E-state index contributed by atoms with van der Waals surface area (Å²) in [6, 6.07) is 13.0. The summed E-state index contributed by atoms with van der Waals surface area (Å²) < 4.78 is 5.54. The summed E-state index contributed by atoms with van der Waals surface area (Å²) in [4.78, 5) is 0. The zero-order valence-corrected chi connectivity index (χ0v) is 14.6. The van der Waals surface area contributed by atoms with Gasteiger partial charge in [-0.05, 0) is 73.3 Å². The molecule has 4 aliphatic rings. The van der Waals surface area contributed by atoms with Crippen LogP contribution >= 0.6 is 0 Å². The largest absolute Gasteiger partial charge is 0.496 e. The van der Waals surface area contributed by atoms with Crippen molar-refractivity contribution in [3.8, 4) is 5.75 Å². The van der Waals surface area contributed by atoms with Gasteiger partial charge in [-0.15, -0.1) is 0 Å². The molecule has 2 aromatic rings. The average molecular weight is 321 g/mol.